The molecule has 0 aliphatic carbocycles. The normalized spacial score (nSPS) is 11.6. The lowest BCUT2D eigenvalue weighted by Crippen LogP contribution is -1.95. The number of aromatic nitrogens is 3. The largest absolute Gasteiger partial charge is 0.309 e. The molecule has 11 rings (SSSR count). The van der Waals surface area contributed by atoms with E-state index < -0.39 is 0 Å². The minimum Gasteiger partial charge on any atom is -0.309 e. The van der Waals surface area contributed by atoms with E-state index in [2.05, 4.69) is 185 Å². The molecule has 0 atom stereocenters. The van der Waals surface area contributed by atoms with Gasteiger partial charge in [0.1, 0.15) is 0 Å². The number of para-hydroxylation sites is 2. The van der Waals surface area contributed by atoms with Gasteiger partial charge in [-0.2, -0.15) is 0 Å². The Morgan fingerprint density at radius 3 is 1.62 bits per heavy atom. The molecule has 8 aromatic carbocycles. The molecule has 3 heterocycles. The van der Waals surface area contributed by atoms with Crippen LogP contribution in [0.3, 0.4) is 0 Å². The van der Waals surface area contributed by atoms with Gasteiger partial charge in [0.25, 0.3) is 0 Å². The molecule has 11 aromatic rings. The van der Waals surface area contributed by atoms with Gasteiger partial charge in [-0.05, 0) is 97.7 Å². The lowest BCUT2D eigenvalue weighted by Gasteiger charge is -2.16. The van der Waals surface area contributed by atoms with Gasteiger partial charge < -0.3 is 4.57 Å². The van der Waals surface area contributed by atoms with E-state index in [4.69, 9.17) is 4.98 Å². The van der Waals surface area contributed by atoms with Crippen LogP contribution in [0.2, 0.25) is 0 Å². The van der Waals surface area contributed by atoms with Gasteiger partial charge in [0.05, 0.1) is 22.4 Å². The average molecular weight is 700 g/mol. The molecule has 0 aliphatic heterocycles. The molecule has 0 spiro atoms. The first-order chi connectivity index (χ1) is 27.3. The Bertz CT molecular complexity index is 3220. The maximum absolute atomic E-state index is 5.37. The molecule has 0 amide bonds. The van der Waals surface area contributed by atoms with Crippen LogP contribution < -0.4 is 0 Å². The lowest BCUT2D eigenvalue weighted by molar-refractivity contribution is 1.19. The smallest absolute Gasteiger partial charge is 0.0715 e. The highest BCUT2D eigenvalue weighted by Crippen LogP contribution is 2.44. The number of hydrogen-bond donors (Lipinski definition) is 0. The highest BCUT2D eigenvalue weighted by Gasteiger charge is 2.19. The van der Waals surface area contributed by atoms with Crippen molar-refractivity contribution >= 4 is 54.1 Å². The number of pyridine rings is 2. The lowest BCUT2D eigenvalue weighted by atomic mass is 9.91. The summed E-state index contributed by atoms with van der Waals surface area (Å²) in [6.07, 6.45) is 3.67. The molecule has 0 saturated carbocycles. The van der Waals surface area contributed by atoms with Crippen molar-refractivity contribution in [1.29, 1.82) is 0 Å². The molecular formula is C52H33N3. The van der Waals surface area contributed by atoms with Gasteiger partial charge in [0.2, 0.25) is 0 Å². The van der Waals surface area contributed by atoms with Crippen molar-refractivity contribution in [2.45, 2.75) is 0 Å². The second kappa shape index (κ2) is 12.6. The van der Waals surface area contributed by atoms with Crippen molar-refractivity contribution in [3.8, 4) is 50.5 Å². The van der Waals surface area contributed by atoms with Gasteiger partial charge >= 0.3 is 0 Å². The first-order valence-electron chi connectivity index (χ1n) is 18.7. The van der Waals surface area contributed by atoms with Gasteiger partial charge in [-0.25, -0.2) is 4.98 Å². The first kappa shape index (κ1) is 31.2. The van der Waals surface area contributed by atoms with Crippen LogP contribution in [0.15, 0.2) is 200 Å². The zero-order chi connectivity index (χ0) is 36.3. The molecule has 3 heteroatoms. The van der Waals surface area contributed by atoms with E-state index in [9.17, 15) is 0 Å². The van der Waals surface area contributed by atoms with Crippen LogP contribution in [0.25, 0.3) is 105 Å². The van der Waals surface area contributed by atoms with Gasteiger partial charge in [-0.15, -0.1) is 0 Å². The Labute approximate surface area is 318 Å². The molecule has 0 unspecified atom stereocenters. The SMILES string of the molecule is c1ccc(-c2cc(-c3ccc(-c4ccncc4)cc3)nc(-c3ccc4c(c3)c3ccccc3c3ccc5c6ccccc6n(-c6ccccc6)c5c34)c2)cc1. The molecule has 0 saturated heterocycles. The molecule has 256 valence electrons. The third-order valence-corrected chi connectivity index (χ3v) is 11.1. The maximum Gasteiger partial charge on any atom is 0.0715 e. The van der Waals surface area contributed by atoms with Crippen LogP contribution in [0, 0.1) is 0 Å². The minimum absolute atomic E-state index is 0.940. The van der Waals surface area contributed by atoms with Crippen molar-refractivity contribution in [3.05, 3.63) is 200 Å². The number of hydrogen-bond acceptors (Lipinski definition) is 2. The molecule has 0 aliphatic rings. The number of benzene rings is 8. The third-order valence-electron chi connectivity index (χ3n) is 11.1. The monoisotopic (exact) mass is 699 g/mol. The van der Waals surface area contributed by atoms with E-state index in [0.717, 1.165) is 50.5 Å². The van der Waals surface area contributed by atoms with Crippen LogP contribution in [0.4, 0.5) is 0 Å². The van der Waals surface area contributed by atoms with Crippen LogP contribution >= 0.6 is 0 Å². The fourth-order valence-electron chi connectivity index (χ4n) is 8.50. The fourth-order valence-corrected chi connectivity index (χ4v) is 8.50. The van der Waals surface area contributed by atoms with Crippen molar-refractivity contribution in [2.24, 2.45) is 0 Å². The van der Waals surface area contributed by atoms with Crippen LogP contribution in [-0.2, 0) is 0 Å². The summed E-state index contributed by atoms with van der Waals surface area (Å²) in [6, 6.07) is 67.8. The summed E-state index contributed by atoms with van der Waals surface area (Å²) >= 11 is 0. The van der Waals surface area contributed by atoms with E-state index in [0.29, 0.717) is 0 Å². The van der Waals surface area contributed by atoms with E-state index in [1.807, 2.05) is 24.5 Å². The van der Waals surface area contributed by atoms with Crippen molar-refractivity contribution in [1.82, 2.24) is 14.5 Å². The summed E-state index contributed by atoms with van der Waals surface area (Å²) in [4.78, 5) is 9.56. The first-order valence-corrected chi connectivity index (χ1v) is 18.7. The van der Waals surface area contributed by atoms with Crippen LogP contribution in [-0.4, -0.2) is 14.5 Å². The Morgan fingerprint density at radius 1 is 0.327 bits per heavy atom. The Kier molecular flexibility index (Phi) is 7.17. The Morgan fingerprint density at radius 2 is 0.855 bits per heavy atom. The fraction of sp³-hybridized carbons (Fsp3) is 0. The summed E-state index contributed by atoms with van der Waals surface area (Å²) in [7, 11) is 0. The summed E-state index contributed by atoms with van der Waals surface area (Å²) in [5.41, 5.74) is 12.2. The highest BCUT2D eigenvalue weighted by molar-refractivity contribution is 6.33. The van der Waals surface area contributed by atoms with Gasteiger partial charge in [0, 0.05) is 45.4 Å². The summed E-state index contributed by atoms with van der Waals surface area (Å²) < 4.78 is 2.45. The van der Waals surface area contributed by atoms with Gasteiger partial charge in [0.15, 0.2) is 0 Å². The molecule has 0 N–H and O–H groups in total. The second-order valence-electron chi connectivity index (χ2n) is 14.2. The highest BCUT2D eigenvalue weighted by atomic mass is 15.0. The molecule has 0 bridgehead atoms. The molecule has 3 nitrogen and oxygen atoms in total. The quantitative estimate of drug-likeness (QED) is 0.167. The van der Waals surface area contributed by atoms with Crippen molar-refractivity contribution < 1.29 is 0 Å². The van der Waals surface area contributed by atoms with Crippen molar-refractivity contribution in [2.75, 3.05) is 0 Å². The maximum atomic E-state index is 5.37. The van der Waals surface area contributed by atoms with Gasteiger partial charge in [-0.1, -0.05) is 140 Å². The van der Waals surface area contributed by atoms with E-state index in [1.54, 1.807) is 0 Å². The number of nitrogens with zero attached hydrogens (tertiary/aromatic N) is 3. The Hall–Kier alpha value is -7.36. The number of rotatable bonds is 5. The summed E-state index contributed by atoms with van der Waals surface area (Å²) in [6.45, 7) is 0. The molecule has 3 aromatic heterocycles. The average Bonchev–Trinajstić information content (AvgIpc) is 3.61. The zero-order valence-electron chi connectivity index (χ0n) is 29.9. The third kappa shape index (κ3) is 5.13. The van der Waals surface area contributed by atoms with Gasteiger partial charge in [-0.3, -0.25) is 4.98 Å². The summed E-state index contributed by atoms with van der Waals surface area (Å²) in [5.74, 6) is 0. The standard InChI is InChI=1S/C52H33N3/c1-3-11-34(12-4-1)39-32-48(37-21-19-35(20-22-37)36-27-29-53-30-28-36)54-49(33-39)38-23-24-45-47(31-38)42-16-8-7-15-41(42)44-25-26-46-43-17-9-10-18-50(43)55(52(46)51(44)45)40-13-5-2-6-14-40/h1-33H. The van der Waals surface area contributed by atoms with Crippen molar-refractivity contribution in [3.63, 3.8) is 0 Å². The second-order valence-corrected chi connectivity index (χ2v) is 14.2. The predicted octanol–water partition coefficient (Wildman–Crippen LogP) is 13.7. The predicted molar refractivity (Wildman–Crippen MR) is 231 cm³/mol. The van der Waals surface area contributed by atoms with E-state index >= 15 is 0 Å². The van der Waals surface area contributed by atoms with E-state index in [1.165, 1.54) is 54.1 Å². The van der Waals surface area contributed by atoms with Crippen LogP contribution in [0.1, 0.15) is 0 Å². The zero-order valence-corrected chi connectivity index (χ0v) is 29.9. The molecule has 0 radical (unpaired) electrons. The molecular weight excluding hydrogens is 667 g/mol. The molecule has 55 heavy (non-hydrogen) atoms. The molecule has 0 fully saturated rings. The summed E-state index contributed by atoms with van der Waals surface area (Å²) in [5, 5.41) is 9.95. The number of fused-ring (bicyclic) bond motifs is 10. The van der Waals surface area contributed by atoms with E-state index in [-0.39, 0.29) is 0 Å². The minimum atomic E-state index is 0.940. The van der Waals surface area contributed by atoms with Crippen LogP contribution in [0.5, 0.6) is 0 Å². The topological polar surface area (TPSA) is 30.7 Å². The Balaban J connectivity index is 1.17.